The van der Waals surface area contributed by atoms with Gasteiger partial charge in [-0.2, -0.15) is 0 Å². The number of anilines is 1. The highest BCUT2D eigenvalue weighted by Crippen LogP contribution is 2.32. The summed E-state index contributed by atoms with van der Waals surface area (Å²) in [5.74, 6) is -0.111. The summed E-state index contributed by atoms with van der Waals surface area (Å²) in [6.45, 7) is 6.29. The number of amides is 1. The molecule has 0 aromatic heterocycles. The predicted molar refractivity (Wildman–Crippen MR) is 112 cm³/mol. The Bertz CT molecular complexity index is 798. The van der Waals surface area contributed by atoms with Gasteiger partial charge in [-0.3, -0.25) is 9.10 Å². The van der Waals surface area contributed by atoms with Crippen molar-refractivity contribution in [1.82, 2.24) is 5.32 Å². The van der Waals surface area contributed by atoms with Crippen LogP contribution < -0.4 is 9.62 Å². The first-order valence-corrected chi connectivity index (χ1v) is 11.6. The van der Waals surface area contributed by atoms with Crippen LogP contribution in [-0.4, -0.2) is 33.7 Å². The molecule has 27 heavy (non-hydrogen) atoms. The van der Waals surface area contributed by atoms with Gasteiger partial charge < -0.3 is 5.32 Å². The van der Waals surface area contributed by atoms with Gasteiger partial charge in [0.2, 0.25) is 15.9 Å². The van der Waals surface area contributed by atoms with Crippen molar-refractivity contribution in [3.05, 3.63) is 41.0 Å². The van der Waals surface area contributed by atoms with Crippen LogP contribution in [0.5, 0.6) is 0 Å². The third-order valence-electron chi connectivity index (χ3n) is 4.98. The molecular weight excluding hydrogens is 360 g/mol. The van der Waals surface area contributed by atoms with E-state index in [0.717, 1.165) is 36.6 Å². The van der Waals surface area contributed by atoms with Crippen LogP contribution in [0.1, 0.15) is 63.0 Å². The Morgan fingerprint density at radius 3 is 2.59 bits per heavy atom. The molecule has 0 fully saturated rings. The molecule has 1 aromatic carbocycles. The van der Waals surface area contributed by atoms with E-state index < -0.39 is 10.0 Å². The standard InChI is InChI=1S/C21H32N2O3S/c1-16(2)19-12-8-9-17(3)21(19)23(27(4,25)26)15-20(24)22-14-13-18-10-6-5-7-11-18/h8-10,12,16H,5-7,11,13-15H2,1-4H3,(H,22,24). The zero-order chi connectivity index (χ0) is 20.0. The van der Waals surface area contributed by atoms with Crippen molar-refractivity contribution < 1.29 is 13.2 Å². The maximum atomic E-state index is 12.5. The fourth-order valence-electron chi connectivity index (χ4n) is 3.53. The lowest BCUT2D eigenvalue weighted by atomic mass is 9.97. The summed E-state index contributed by atoms with van der Waals surface area (Å²) >= 11 is 0. The van der Waals surface area contributed by atoms with E-state index in [2.05, 4.69) is 11.4 Å². The van der Waals surface area contributed by atoms with Gasteiger partial charge in [0.25, 0.3) is 0 Å². The van der Waals surface area contributed by atoms with Crippen LogP contribution in [0.15, 0.2) is 29.8 Å². The molecule has 0 aliphatic heterocycles. The molecule has 1 N–H and O–H groups in total. The van der Waals surface area contributed by atoms with Gasteiger partial charge in [0, 0.05) is 6.54 Å². The number of hydrogen-bond donors (Lipinski definition) is 1. The normalized spacial score (nSPS) is 14.8. The number of nitrogens with zero attached hydrogens (tertiary/aromatic N) is 1. The molecule has 1 aliphatic carbocycles. The molecule has 0 spiro atoms. The summed E-state index contributed by atoms with van der Waals surface area (Å²) in [6.07, 6.45) is 8.94. The first kappa shape index (κ1) is 21.5. The van der Waals surface area contributed by atoms with Crippen molar-refractivity contribution in [2.45, 2.75) is 58.8 Å². The van der Waals surface area contributed by atoms with Crippen molar-refractivity contribution >= 4 is 21.6 Å². The van der Waals surface area contributed by atoms with E-state index in [1.807, 2.05) is 39.0 Å². The number of aryl methyl sites for hydroxylation is 1. The monoisotopic (exact) mass is 392 g/mol. The van der Waals surface area contributed by atoms with E-state index >= 15 is 0 Å². The first-order valence-electron chi connectivity index (χ1n) is 9.72. The molecule has 0 heterocycles. The van der Waals surface area contributed by atoms with Crippen LogP contribution in [0.25, 0.3) is 0 Å². The summed E-state index contributed by atoms with van der Waals surface area (Å²) in [7, 11) is -3.58. The van der Waals surface area contributed by atoms with Crippen LogP contribution in [-0.2, 0) is 14.8 Å². The van der Waals surface area contributed by atoms with Crippen molar-refractivity contribution in [2.75, 3.05) is 23.7 Å². The van der Waals surface area contributed by atoms with E-state index in [4.69, 9.17) is 0 Å². The Hall–Kier alpha value is -1.82. The molecule has 1 aliphatic rings. The largest absolute Gasteiger partial charge is 0.354 e. The molecule has 0 atom stereocenters. The van der Waals surface area contributed by atoms with E-state index in [-0.39, 0.29) is 18.4 Å². The van der Waals surface area contributed by atoms with E-state index in [9.17, 15) is 13.2 Å². The molecule has 1 aromatic rings. The Labute approximate surface area is 163 Å². The minimum atomic E-state index is -3.58. The number of hydrogen-bond acceptors (Lipinski definition) is 3. The zero-order valence-electron chi connectivity index (χ0n) is 16.9. The SMILES string of the molecule is Cc1cccc(C(C)C)c1N(CC(=O)NCCC1=CCCCC1)S(C)(=O)=O. The molecule has 5 nitrogen and oxygen atoms in total. The average Bonchev–Trinajstić information content (AvgIpc) is 2.60. The van der Waals surface area contributed by atoms with E-state index in [1.54, 1.807) is 0 Å². The van der Waals surface area contributed by atoms with Crippen molar-refractivity contribution in [1.29, 1.82) is 0 Å². The number of carbonyl (C=O) groups excluding carboxylic acids is 1. The molecule has 2 rings (SSSR count). The maximum absolute atomic E-state index is 12.5. The zero-order valence-corrected chi connectivity index (χ0v) is 17.7. The third-order valence-corrected chi connectivity index (χ3v) is 6.09. The quantitative estimate of drug-likeness (QED) is 0.683. The lowest BCUT2D eigenvalue weighted by molar-refractivity contribution is -0.119. The highest BCUT2D eigenvalue weighted by molar-refractivity contribution is 7.92. The molecule has 0 radical (unpaired) electrons. The Morgan fingerprint density at radius 2 is 2.00 bits per heavy atom. The van der Waals surface area contributed by atoms with Gasteiger partial charge in [-0.25, -0.2) is 8.42 Å². The molecule has 0 saturated heterocycles. The smallest absolute Gasteiger partial charge is 0.240 e. The molecule has 0 bridgehead atoms. The lowest BCUT2D eigenvalue weighted by Gasteiger charge is -2.27. The second kappa shape index (κ2) is 9.40. The number of rotatable bonds is 8. The average molecular weight is 393 g/mol. The lowest BCUT2D eigenvalue weighted by Crippen LogP contribution is -2.41. The van der Waals surface area contributed by atoms with Crippen LogP contribution in [0.3, 0.4) is 0 Å². The molecule has 6 heteroatoms. The Balaban J connectivity index is 2.12. The number of benzene rings is 1. The topological polar surface area (TPSA) is 66.5 Å². The van der Waals surface area contributed by atoms with Gasteiger partial charge in [0.15, 0.2) is 0 Å². The van der Waals surface area contributed by atoms with Crippen molar-refractivity contribution in [2.24, 2.45) is 0 Å². The summed E-state index contributed by atoms with van der Waals surface area (Å²) in [5, 5.41) is 2.88. The highest BCUT2D eigenvalue weighted by Gasteiger charge is 2.25. The number of para-hydroxylation sites is 1. The van der Waals surface area contributed by atoms with Crippen molar-refractivity contribution in [3.63, 3.8) is 0 Å². The molecule has 150 valence electrons. The van der Waals surface area contributed by atoms with Crippen LogP contribution in [0.2, 0.25) is 0 Å². The first-order chi connectivity index (χ1) is 12.7. The van der Waals surface area contributed by atoms with Crippen LogP contribution >= 0.6 is 0 Å². The van der Waals surface area contributed by atoms with Gasteiger partial charge in [0.1, 0.15) is 6.54 Å². The Kier molecular flexibility index (Phi) is 7.48. The van der Waals surface area contributed by atoms with Crippen LogP contribution in [0, 0.1) is 6.92 Å². The summed E-state index contributed by atoms with van der Waals surface area (Å²) in [5.41, 5.74) is 3.80. The number of sulfonamides is 1. The van der Waals surface area contributed by atoms with E-state index in [1.165, 1.54) is 22.7 Å². The minimum absolute atomic E-state index is 0.158. The highest BCUT2D eigenvalue weighted by atomic mass is 32.2. The van der Waals surface area contributed by atoms with E-state index in [0.29, 0.717) is 12.2 Å². The number of nitrogens with one attached hydrogen (secondary N) is 1. The van der Waals surface area contributed by atoms with Gasteiger partial charge in [-0.05, 0) is 56.1 Å². The molecular formula is C21H32N2O3S. The molecule has 0 saturated carbocycles. The van der Waals surface area contributed by atoms with Gasteiger partial charge in [-0.15, -0.1) is 0 Å². The fraction of sp³-hybridized carbons (Fsp3) is 0.571. The predicted octanol–water partition coefficient (Wildman–Crippen LogP) is 3.89. The van der Waals surface area contributed by atoms with Gasteiger partial charge >= 0.3 is 0 Å². The van der Waals surface area contributed by atoms with Gasteiger partial charge in [-0.1, -0.05) is 43.7 Å². The minimum Gasteiger partial charge on any atom is -0.354 e. The molecule has 1 amide bonds. The summed E-state index contributed by atoms with van der Waals surface area (Å²) in [6, 6.07) is 5.73. The summed E-state index contributed by atoms with van der Waals surface area (Å²) in [4.78, 5) is 12.5. The second-order valence-electron chi connectivity index (χ2n) is 7.65. The second-order valence-corrected chi connectivity index (χ2v) is 9.55. The maximum Gasteiger partial charge on any atom is 0.240 e. The number of allylic oxidation sites excluding steroid dienone is 1. The number of carbonyl (C=O) groups is 1. The fourth-order valence-corrected chi connectivity index (χ4v) is 4.46. The van der Waals surface area contributed by atoms with Crippen molar-refractivity contribution in [3.8, 4) is 0 Å². The van der Waals surface area contributed by atoms with Crippen LogP contribution in [0.4, 0.5) is 5.69 Å². The Morgan fingerprint density at radius 1 is 1.26 bits per heavy atom. The van der Waals surface area contributed by atoms with Gasteiger partial charge in [0.05, 0.1) is 11.9 Å². The summed E-state index contributed by atoms with van der Waals surface area (Å²) < 4.78 is 26.1. The molecule has 0 unspecified atom stereocenters. The third kappa shape index (κ3) is 6.09.